The molecule has 0 aromatic carbocycles. The van der Waals surface area contributed by atoms with Crippen LogP contribution in [0, 0.1) is 5.92 Å². The number of amides is 1. The third-order valence-electron chi connectivity index (χ3n) is 3.57. The van der Waals surface area contributed by atoms with Crippen molar-refractivity contribution < 1.29 is 9.90 Å². The van der Waals surface area contributed by atoms with Gasteiger partial charge in [0.05, 0.1) is 6.10 Å². The summed E-state index contributed by atoms with van der Waals surface area (Å²) in [5.74, 6) is 0.563. The Morgan fingerprint density at radius 1 is 1.41 bits per heavy atom. The van der Waals surface area contributed by atoms with Gasteiger partial charge in [-0.1, -0.05) is 26.2 Å². The highest BCUT2D eigenvalue weighted by atomic mass is 35.5. The van der Waals surface area contributed by atoms with Gasteiger partial charge in [0.25, 0.3) is 0 Å². The second-order valence-electron chi connectivity index (χ2n) is 5.00. The van der Waals surface area contributed by atoms with Gasteiger partial charge in [-0.3, -0.25) is 4.79 Å². The van der Waals surface area contributed by atoms with Crippen molar-refractivity contribution >= 4 is 17.5 Å². The van der Waals surface area contributed by atoms with Crippen LogP contribution in [0.1, 0.15) is 45.4 Å². The molecule has 17 heavy (non-hydrogen) atoms. The summed E-state index contributed by atoms with van der Waals surface area (Å²) < 4.78 is 0. The standard InChI is InChI=1S/C13H24ClNO2/c1-2-12(16)10-15(13(17)8-14)9-11-6-4-3-5-7-11/h11-12,16H,2-10H2,1H3. The van der Waals surface area contributed by atoms with E-state index >= 15 is 0 Å². The molecule has 3 nitrogen and oxygen atoms in total. The molecule has 1 aliphatic rings. The van der Waals surface area contributed by atoms with Crippen LogP contribution in [0.25, 0.3) is 0 Å². The summed E-state index contributed by atoms with van der Waals surface area (Å²) in [6.45, 7) is 3.12. The Morgan fingerprint density at radius 3 is 2.59 bits per heavy atom. The smallest absolute Gasteiger partial charge is 0.237 e. The minimum Gasteiger partial charge on any atom is -0.391 e. The van der Waals surface area contributed by atoms with E-state index in [1.54, 1.807) is 4.90 Å². The number of carbonyl (C=O) groups is 1. The number of rotatable bonds is 6. The van der Waals surface area contributed by atoms with Crippen LogP contribution in [0.3, 0.4) is 0 Å². The van der Waals surface area contributed by atoms with Gasteiger partial charge in [0.1, 0.15) is 5.88 Å². The predicted octanol–water partition coefficient (Wildman–Crippen LogP) is 2.41. The Morgan fingerprint density at radius 2 is 2.06 bits per heavy atom. The van der Waals surface area contributed by atoms with Gasteiger partial charge >= 0.3 is 0 Å². The van der Waals surface area contributed by atoms with Crippen LogP contribution in [-0.4, -0.2) is 41.0 Å². The number of nitrogens with zero attached hydrogens (tertiary/aromatic N) is 1. The average molecular weight is 262 g/mol. The Labute approximate surface area is 109 Å². The minimum absolute atomic E-state index is 0.0170. The summed E-state index contributed by atoms with van der Waals surface area (Å²) in [6.07, 6.45) is 6.51. The lowest BCUT2D eigenvalue weighted by atomic mass is 9.89. The number of hydrogen-bond donors (Lipinski definition) is 1. The maximum atomic E-state index is 11.7. The van der Waals surface area contributed by atoms with Crippen LogP contribution in [0.15, 0.2) is 0 Å². The summed E-state index contributed by atoms with van der Waals surface area (Å²) >= 11 is 5.62. The molecule has 1 rings (SSSR count). The summed E-state index contributed by atoms with van der Waals surface area (Å²) in [5, 5.41) is 9.67. The topological polar surface area (TPSA) is 40.5 Å². The van der Waals surface area contributed by atoms with E-state index in [1.807, 2.05) is 6.92 Å². The number of aliphatic hydroxyl groups is 1. The van der Waals surface area contributed by atoms with Crippen LogP contribution in [0.5, 0.6) is 0 Å². The molecule has 1 amide bonds. The van der Waals surface area contributed by atoms with Crippen molar-refractivity contribution in [3.63, 3.8) is 0 Å². The number of alkyl halides is 1. The Bertz CT molecular complexity index is 229. The molecule has 0 aromatic heterocycles. The second-order valence-corrected chi connectivity index (χ2v) is 5.27. The molecule has 1 atom stereocenters. The summed E-state index contributed by atoms with van der Waals surface area (Å²) in [4.78, 5) is 13.5. The van der Waals surface area contributed by atoms with Gasteiger partial charge < -0.3 is 10.0 Å². The molecule has 1 saturated carbocycles. The maximum Gasteiger partial charge on any atom is 0.237 e. The van der Waals surface area contributed by atoms with Crippen molar-refractivity contribution in [2.45, 2.75) is 51.6 Å². The molecule has 0 spiro atoms. The number of carbonyl (C=O) groups excluding carboxylic acids is 1. The SMILES string of the molecule is CCC(O)CN(CC1CCCCC1)C(=O)CCl. The number of aliphatic hydroxyl groups excluding tert-OH is 1. The van der Waals surface area contributed by atoms with Crippen molar-refractivity contribution in [2.24, 2.45) is 5.92 Å². The predicted molar refractivity (Wildman–Crippen MR) is 70.2 cm³/mol. The molecule has 1 fully saturated rings. The van der Waals surface area contributed by atoms with E-state index in [2.05, 4.69) is 0 Å². The molecule has 1 N–H and O–H groups in total. The highest BCUT2D eigenvalue weighted by molar-refractivity contribution is 6.27. The first-order chi connectivity index (χ1) is 8.17. The molecule has 0 aromatic rings. The van der Waals surface area contributed by atoms with Crippen LogP contribution < -0.4 is 0 Å². The third-order valence-corrected chi connectivity index (χ3v) is 3.80. The Hall–Kier alpha value is -0.280. The maximum absolute atomic E-state index is 11.7. The number of hydrogen-bond acceptors (Lipinski definition) is 2. The highest BCUT2D eigenvalue weighted by Gasteiger charge is 2.21. The van der Waals surface area contributed by atoms with Crippen molar-refractivity contribution in [1.82, 2.24) is 4.90 Å². The normalized spacial score (nSPS) is 19.0. The van der Waals surface area contributed by atoms with Gasteiger partial charge in [-0.2, -0.15) is 0 Å². The molecular weight excluding hydrogens is 238 g/mol. The summed E-state index contributed by atoms with van der Waals surface area (Å²) in [7, 11) is 0. The van der Waals surface area contributed by atoms with E-state index in [9.17, 15) is 9.90 Å². The van der Waals surface area contributed by atoms with Gasteiger partial charge in [-0.25, -0.2) is 0 Å². The fourth-order valence-electron chi connectivity index (χ4n) is 2.43. The molecule has 1 aliphatic carbocycles. The van der Waals surface area contributed by atoms with E-state index in [1.165, 1.54) is 32.1 Å². The molecule has 0 saturated heterocycles. The number of halogens is 1. The van der Waals surface area contributed by atoms with E-state index in [0.29, 0.717) is 18.9 Å². The molecule has 0 aliphatic heterocycles. The van der Waals surface area contributed by atoms with Crippen LogP contribution in [-0.2, 0) is 4.79 Å². The zero-order valence-corrected chi connectivity index (χ0v) is 11.5. The zero-order valence-electron chi connectivity index (χ0n) is 10.7. The van der Waals surface area contributed by atoms with Crippen molar-refractivity contribution in [2.75, 3.05) is 19.0 Å². The Balaban J connectivity index is 2.46. The summed E-state index contributed by atoms with van der Waals surface area (Å²) in [5.41, 5.74) is 0. The van der Waals surface area contributed by atoms with E-state index < -0.39 is 6.10 Å². The lowest BCUT2D eigenvalue weighted by Crippen LogP contribution is -2.41. The lowest BCUT2D eigenvalue weighted by Gasteiger charge is -2.30. The lowest BCUT2D eigenvalue weighted by molar-refractivity contribution is -0.130. The quantitative estimate of drug-likeness (QED) is 0.746. The molecule has 0 heterocycles. The molecule has 100 valence electrons. The molecule has 0 radical (unpaired) electrons. The monoisotopic (exact) mass is 261 g/mol. The van der Waals surface area contributed by atoms with Crippen LogP contribution in [0.4, 0.5) is 0 Å². The molecule has 4 heteroatoms. The van der Waals surface area contributed by atoms with Crippen LogP contribution >= 0.6 is 11.6 Å². The third kappa shape index (κ3) is 5.26. The largest absolute Gasteiger partial charge is 0.391 e. The minimum atomic E-state index is -0.425. The van der Waals surface area contributed by atoms with Gasteiger partial charge in [0.2, 0.25) is 5.91 Å². The summed E-state index contributed by atoms with van der Waals surface area (Å²) in [6, 6.07) is 0. The Kier molecular flexibility index (Phi) is 6.90. The zero-order chi connectivity index (χ0) is 12.7. The van der Waals surface area contributed by atoms with Crippen molar-refractivity contribution in [3.8, 4) is 0 Å². The molecule has 1 unspecified atom stereocenters. The van der Waals surface area contributed by atoms with Crippen LogP contribution in [0.2, 0.25) is 0 Å². The first kappa shape index (κ1) is 14.8. The van der Waals surface area contributed by atoms with Gasteiger partial charge in [0, 0.05) is 13.1 Å². The van der Waals surface area contributed by atoms with E-state index in [0.717, 1.165) is 6.54 Å². The van der Waals surface area contributed by atoms with Crippen molar-refractivity contribution in [1.29, 1.82) is 0 Å². The second kappa shape index (κ2) is 7.93. The van der Waals surface area contributed by atoms with E-state index in [4.69, 9.17) is 11.6 Å². The molecule has 0 bridgehead atoms. The van der Waals surface area contributed by atoms with Gasteiger partial charge in [-0.05, 0) is 25.2 Å². The highest BCUT2D eigenvalue weighted by Crippen LogP contribution is 2.24. The first-order valence-corrected chi connectivity index (χ1v) is 7.22. The fraction of sp³-hybridized carbons (Fsp3) is 0.923. The van der Waals surface area contributed by atoms with Gasteiger partial charge in [0.15, 0.2) is 0 Å². The van der Waals surface area contributed by atoms with Gasteiger partial charge in [-0.15, -0.1) is 11.6 Å². The molecular formula is C13H24ClNO2. The average Bonchev–Trinajstić information content (AvgIpc) is 2.38. The van der Waals surface area contributed by atoms with Crippen molar-refractivity contribution in [3.05, 3.63) is 0 Å². The first-order valence-electron chi connectivity index (χ1n) is 6.69. The van der Waals surface area contributed by atoms with E-state index in [-0.39, 0.29) is 11.8 Å². The fourth-order valence-corrected chi connectivity index (χ4v) is 2.60.